The molecule has 1 aromatic carbocycles. The molecule has 1 aliphatic rings. The number of nitrogens with two attached hydrogens (primary N) is 1. The fourth-order valence-corrected chi connectivity index (χ4v) is 3.08. The van der Waals surface area contributed by atoms with E-state index in [0.29, 0.717) is 11.9 Å². The van der Waals surface area contributed by atoms with Gasteiger partial charge < -0.3 is 10.5 Å². The Morgan fingerprint density at radius 2 is 2.39 bits per heavy atom. The number of nitro benzene ring substituents is 1. The third-order valence-electron chi connectivity index (χ3n) is 2.96. The van der Waals surface area contributed by atoms with Crippen LogP contribution in [0.2, 0.25) is 0 Å². The number of rotatable bonds is 5. The van der Waals surface area contributed by atoms with Crippen LogP contribution in [0, 0.1) is 10.1 Å². The minimum atomic E-state index is -0.441. The number of para-hydroxylation sites is 1. The first-order valence-corrected chi connectivity index (χ1v) is 7.05. The molecule has 1 heterocycles. The monoisotopic (exact) mass is 268 g/mol. The molecule has 0 saturated carbocycles. The minimum Gasteiger partial charge on any atom is -0.393 e. The maximum atomic E-state index is 10.8. The van der Waals surface area contributed by atoms with Gasteiger partial charge in [-0.25, -0.2) is 0 Å². The molecule has 1 aromatic rings. The first-order valence-electron chi connectivity index (χ1n) is 5.89. The van der Waals surface area contributed by atoms with E-state index in [1.54, 1.807) is 17.8 Å². The number of thioether (sulfide) groups is 1. The smallest absolute Gasteiger partial charge is 0.292 e. The lowest BCUT2D eigenvalue weighted by atomic mass is 10.2. The lowest BCUT2D eigenvalue weighted by Crippen LogP contribution is -2.08. The van der Waals surface area contributed by atoms with Crippen molar-refractivity contribution in [2.75, 3.05) is 18.1 Å². The Balaban J connectivity index is 1.92. The summed E-state index contributed by atoms with van der Waals surface area (Å²) in [7, 11) is 0. The predicted molar refractivity (Wildman–Crippen MR) is 72.6 cm³/mol. The van der Waals surface area contributed by atoms with Gasteiger partial charge in [0.05, 0.1) is 11.0 Å². The third-order valence-corrected chi connectivity index (χ3v) is 4.08. The Morgan fingerprint density at radius 1 is 1.56 bits per heavy atom. The van der Waals surface area contributed by atoms with Crippen molar-refractivity contribution in [3.05, 3.63) is 33.9 Å². The first kappa shape index (κ1) is 13.2. The summed E-state index contributed by atoms with van der Waals surface area (Å²) in [6.07, 6.45) is 2.57. The molecule has 1 unspecified atom stereocenters. The van der Waals surface area contributed by atoms with Crippen LogP contribution in [0.25, 0.3) is 0 Å². The van der Waals surface area contributed by atoms with E-state index in [2.05, 4.69) is 0 Å². The van der Waals surface area contributed by atoms with Gasteiger partial charge in [0.1, 0.15) is 5.69 Å². The van der Waals surface area contributed by atoms with Crippen molar-refractivity contribution in [3.8, 4) is 0 Å². The van der Waals surface area contributed by atoms with Gasteiger partial charge in [0.25, 0.3) is 5.69 Å². The number of anilines is 1. The Kier molecular flexibility index (Phi) is 4.43. The van der Waals surface area contributed by atoms with Crippen molar-refractivity contribution < 1.29 is 9.66 Å². The van der Waals surface area contributed by atoms with E-state index < -0.39 is 4.92 Å². The molecule has 1 saturated heterocycles. The van der Waals surface area contributed by atoms with E-state index in [4.69, 9.17) is 10.5 Å². The van der Waals surface area contributed by atoms with Gasteiger partial charge in [-0.05, 0) is 18.4 Å². The van der Waals surface area contributed by atoms with E-state index in [9.17, 15) is 10.1 Å². The summed E-state index contributed by atoms with van der Waals surface area (Å²) in [5.41, 5.74) is 6.89. The van der Waals surface area contributed by atoms with Crippen LogP contribution in [0.4, 0.5) is 11.4 Å². The van der Waals surface area contributed by atoms with Crippen molar-refractivity contribution >= 4 is 23.1 Å². The first-order chi connectivity index (χ1) is 8.68. The van der Waals surface area contributed by atoms with Crippen LogP contribution in [0.15, 0.2) is 18.2 Å². The third kappa shape index (κ3) is 3.14. The molecule has 0 radical (unpaired) electrons. The molecule has 98 valence electrons. The highest BCUT2D eigenvalue weighted by atomic mass is 32.2. The van der Waals surface area contributed by atoms with E-state index in [1.165, 1.54) is 6.07 Å². The Bertz CT molecular complexity index is 433. The number of nitrogens with zero attached hydrogens (tertiary/aromatic N) is 1. The fourth-order valence-electron chi connectivity index (χ4n) is 1.96. The van der Waals surface area contributed by atoms with Gasteiger partial charge in [-0.3, -0.25) is 10.1 Å². The summed E-state index contributed by atoms with van der Waals surface area (Å²) in [5.74, 6) is 1.61. The van der Waals surface area contributed by atoms with Crippen molar-refractivity contribution in [1.29, 1.82) is 0 Å². The number of hydrogen-bond acceptors (Lipinski definition) is 5. The standard InChI is InChI=1S/C12H16N2O3S/c13-12-9(3-1-5-11(12)14(15)16)7-18-8-10-4-2-6-17-10/h1,3,5,10H,2,4,6-8,13H2. The summed E-state index contributed by atoms with van der Waals surface area (Å²) in [5, 5.41) is 10.8. The van der Waals surface area contributed by atoms with Gasteiger partial charge in [-0.15, -0.1) is 0 Å². The highest BCUT2D eigenvalue weighted by Gasteiger charge is 2.17. The summed E-state index contributed by atoms with van der Waals surface area (Å²) in [4.78, 5) is 10.3. The largest absolute Gasteiger partial charge is 0.393 e. The molecule has 2 N–H and O–H groups in total. The van der Waals surface area contributed by atoms with E-state index in [1.807, 2.05) is 6.07 Å². The highest BCUT2D eigenvalue weighted by Crippen LogP contribution is 2.28. The highest BCUT2D eigenvalue weighted by molar-refractivity contribution is 7.98. The zero-order valence-corrected chi connectivity index (χ0v) is 10.8. The van der Waals surface area contributed by atoms with Gasteiger partial charge in [0.15, 0.2) is 0 Å². The molecule has 0 aromatic heterocycles. The summed E-state index contributed by atoms with van der Waals surface area (Å²) >= 11 is 1.71. The van der Waals surface area contributed by atoms with Crippen molar-refractivity contribution in [3.63, 3.8) is 0 Å². The van der Waals surface area contributed by atoms with Crippen LogP contribution < -0.4 is 5.73 Å². The zero-order chi connectivity index (χ0) is 13.0. The Morgan fingerprint density at radius 3 is 3.06 bits per heavy atom. The van der Waals surface area contributed by atoms with Crippen molar-refractivity contribution in [1.82, 2.24) is 0 Å². The zero-order valence-electron chi connectivity index (χ0n) is 10.0. The summed E-state index contributed by atoms with van der Waals surface area (Å²) < 4.78 is 5.52. The summed E-state index contributed by atoms with van der Waals surface area (Å²) in [6.45, 7) is 0.851. The Labute approximate surface area is 110 Å². The molecule has 0 amide bonds. The molecule has 1 fully saturated rings. The molecule has 1 aliphatic heterocycles. The average molecular weight is 268 g/mol. The normalized spacial score (nSPS) is 19.0. The number of benzene rings is 1. The lowest BCUT2D eigenvalue weighted by molar-refractivity contribution is -0.383. The molecule has 2 rings (SSSR count). The average Bonchev–Trinajstić information content (AvgIpc) is 2.84. The van der Waals surface area contributed by atoms with Gasteiger partial charge in [0, 0.05) is 24.2 Å². The second-order valence-corrected chi connectivity index (χ2v) is 5.29. The van der Waals surface area contributed by atoms with Crippen LogP contribution in [0.5, 0.6) is 0 Å². The number of hydrogen-bond donors (Lipinski definition) is 1. The van der Waals surface area contributed by atoms with Gasteiger partial charge in [0.2, 0.25) is 0 Å². The molecular formula is C12H16N2O3S. The predicted octanol–water partition coefficient (Wildman–Crippen LogP) is 2.59. The van der Waals surface area contributed by atoms with Crippen LogP contribution in [-0.2, 0) is 10.5 Å². The Hall–Kier alpha value is -1.27. The SMILES string of the molecule is Nc1c(CSCC2CCCO2)cccc1[N+](=O)[O-]. The molecule has 0 spiro atoms. The van der Waals surface area contributed by atoms with Crippen LogP contribution in [0.3, 0.4) is 0 Å². The van der Waals surface area contributed by atoms with E-state index in [0.717, 1.165) is 30.8 Å². The summed E-state index contributed by atoms with van der Waals surface area (Å²) in [6, 6.07) is 4.95. The van der Waals surface area contributed by atoms with Crippen LogP contribution >= 0.6 is 11.8 Å². The van der Waals surface area contributed by atoms with Crippen LogP contribution in [0.1, 0.15) is 18.4 Å². The molecule has 1 atom stereocenters. The van der Waals surface area contributed by atoms with Crippen LogP contribution in [-0.4, -0.2) is 23.4 Å². The maximum absolute atomic E-state index is 10.8. The number of ether oxygens (including phenoxy) is 1. The molecule has 0 bridgehead atoms. The minimum absolute atomic E-state index is 0.00906. The lowest BCUT2D eigenvalue weighted by Gasteiger charge is -2.09. The van der Waals surface area contributed by atoms with E-state index in [-0.39, 0.29) is 11.4 Å². The molecule has 0 aliphatic carbocycles. The second kappa shape index (κ2) is 6.06. The molecular weight excluding hydrogens is 252 g/mol. The van der Waals surface area contributed by atoms with Gasteiger partial charge in [-0.1, -0.05) is 12.1 Å². The quantitative estimate of drug-likeness (QED) is 0.504. The van der Waals surface area contributed by atoms with Gasteiger partial charge >= 0.3 is 0 Å². The molecule has 5 nitrogen and oxygen atoms in total. The van der Waals surface area contributed by atoms with E-state index >= 15 is 0 Å². The second-order valence-electron chi connectivity index (χ2n) is 4.26. The maximum Gasteiger partial charge on any atom is 0.292 e. The topological polar surface area (TPSA) is 78.4 Å². The number of nitrogen functional groups attached to an aromatic ring is 1. The fraction of sp³-hybridized carbons (Fsp3) is 0.500. The number of nitro groups is 1. The molecule has 6 heteroatoms. The molecule has 18 heavy (non-hydrogen) atoms. The van der Waals surface area contributed by atoms with Crippen molar-refractivity contribution in [2.24, 2.45) is 0 Å². The van der Waals surface area contributed by atoms with Crippen molar-refractivity contribution in [2.45, 2.75) is 24.7 Å². The van der Waals surface area contributed by atoms with Gasteiger partial charge in [-0.2, -0.15) is 11.8 Å².